The molecule has 4 nitrogen and oxygen atoms in total. The number of halogens is 3. The van der Waals surface area contributed by atoms with Crippen LogP contribution in [0.3, 0.4) is 0 Å². The van der Waals surface area contributed by atoms with Crippen molar-refractivity contribution >= 4 is 6.09 Å². The largest absolute Gasteiger partial charge is 0.444 e. The molecule has 0 saturated heterocycles. The minimum atomic E-state index is -1.49. The quantitative estimate of drug-likeness (QED) is 0.856. The molecule has 1 saturated carbocycles. The molecule has 1 aromatic rings. The van der Waals surface area contributed by atoms with E-state index in [0.29, 0.717) is 12.8 Å². The molecule has 0 bridgehead atoms. The van der Waals surface area contributed by atoms with Crippen molar-refractivity contribution in [2.75, 3.05) is 0 Å². The summed E-state index contributed by atoms with van der Waals surface area (Å²) in [5.74, 6) is -3.96. The van der Waals surface area contributed by atoms with Crippen molar-refractivity contribution in [3.63, 3.8) is 0 Å². The van der Waals surface area contributed by atoms with Gasteiger partial charge >= 0.3 is 6.09 Å². The van der Waals surface area contributed by atoms with E-state index in [1.165, 1.54) is 0 Å². The Morgan fingerprint density at radius 2 is 1.78 bits per heavy atom. The summed E-state index contributed by atoms with van der Waals surface area (Å²) in [5.41, 5.74) is -0.328. The molecule has 128 valence electrons. The van der Waals surface area contributed by atoms with E-state index < -0.39 is 29.1 Å². The Morgan fingerprint density at radius 1 is 1.22 bits per heavy atom. The van der Waals surface area contributed by atoms with Crippen molar-refractivity contribution in [1.29, 1.82) is 0 Å². The molecule has 1 aromatic carbocycles. The summed E-state index contributed by atoms with van der Waals surface area (Å²) in [6, 6.07) is 1.78. The third kappa shape index (κ3) is 5.13. The van der Waals surface area contributed by atoms with Gasteiger partial charge in [-0.3, -0.25) is 0 Å². The van der Waals surface area contributed by atoms with Gasteiger partial charge in [-0.25, -0.2) is 18.0 Å². The zero-order valence-electron chi connectivity index (χ0n) is 13.3. The molecule has 1 aliphatic rings. The second-order valence-corrected chi connectivity index (χ2v) is 6.62. The van der Waals surface area contributed by atoms with Crippen LogP contribution in [-0.4, -0.2) is 23.8 Å². The number of carbonyl (C=O) groups is 1. The van der Waals surface area contributed by atoms with Crippen molar-refractivity contribution in [1.82, 2.24) is 5.32 Å². The van der Waals surface area contributed by atoms with E-state index in [4.69, 9.17) is 9.47 Å². The maximum atomic E-state index is 13.1. The van der Waals surface area contributed by atoms with Crippen LogP contribution < -0.4 is 5.32 Å². The lowest BCUT2D eigenvalue weighted by molar-refractivity contribution is -0.0292. The van der Waals surface area contributed by atoms with Gasteiger partial charge in [-0.1, -0.05) is 0 Å². The normalized spacial score (nSPS) is 20.8. The van der Waals surface area contributed by atoms with Crippen molar-refractivity contribution in [2.45, 2.75) is 58.0 Å². The van der Waals surface area contributed by atoms with E-state index in [1.807, 2.05) is 0 Å². The molecule has 0 unspecified atom stereocenters. The van der Waals surface area contributed by atoms with E-state index in [0.717, 1.165) is 12.1 Å². The van der Waals surface area contributed by atoms with Crippen molar-refractivity contribution in [2.24, 2.45) is 0 Å². The van der Waals surface area contributed by atoms with Crippen LogP contribution in [0.1, 0.15) is 39.2 Å². The Morgan fingerprint density at radius 3 is 2.30 bits per heavy atom. The Bertz CT molecular complexity index is 557. The molecule has 0 aliphatic heterocycles. The Labute approximate surface area is 133 Å². The molecule has 0 atom stereocenters. The summed E-state index contributed by atoms with van der Waals surface area (Å²) in [7, 11) is 0. The molecule has 1 aliphatic carbocycles. The van der Waals surface area contributed by atoms with Gasteiger partial charge in [0.15, 0.2) is 17.5 Å². The zero-order chi connectivity index (χ0) is 17.2. The predicted octanol–water partition coefficient (Wildman–Crippen LogP) is 3.68. The van der Waals surface area contributed by atoms with E-state index in [-0.39, 0.29) is 24.3 Å². The van der Waals surface area contributed by atoms with Crippen LogP contribution >= 0.6 is 0 Å². The lowest BCUT2D eigenvalue weighted by Gasteiger charge is -2.36. The average molecular weight is 331 g/mol. The van der Waals surface area contributed by atoms with Gasteiger partial charge in [0.25, 0.3) is 0 Å². The highest BCUT2D eigenvalue weighted by atomic mass is 19.2. The molecule has 1 amide bonds. The maximum absolute atomic E-state index is 13.1. The summed E-state index contributed by atoms with van der Waals surface area (Å²) in [4.78, 5) is 11.6. The molecule has 7 heteroatoms. The van der Waals surface area contributed by atoms with E-state index >= 15 is 0 Å². The number of nitrogens with one attached hydrogen (secondary N) is 1. The first-order chi connectivity index (χ1) is 10.6. The third-order valence-electron chi connectivity index (χ3n) is 3.34. The SMILES string of the molecule is CC(C)(C)OC(=O)NC1CC(OCc2cc(F)c(F)c(F)c2)C1. The number of alkyl carbamates (subject to hydrolysis) is 1. The first kappa shape index (κ1) is 17.6. The topological polar surface area (TPSA) is 47.6 Å². The van der Waals surface area contributed by atoms with E-state index in [9.17, 15) is 18.0 Å². The van der Waals surface area contributed by atoms with Gasteiger partial charge in [-0.15, -0.1) is 0 Å². The Kier molecular flexibility index (Phi) is 5.19. The fraction of sp³-hybridized carbons (Fsp3) is 0.562. The molecule has 0 aromatic heterocycles. The van der Waals surface area contributed by atoms with Gasteiger partial charge in [0.2, 0.25) is 0 Å². The molecule has 23 heavy (non-hydrogen) atoms. The van der Waals surface area contributed by atoms with Crippen LogP contribution in [0.25, 0.3) is 0 Å². The highest BCUT2D eigenvalue weighted by molar-refractivity contribution is 5.68. The van der Waals surface area contributed by atoms with Crippen LogP contribution in [0.15, 0.2) is 12.1 Å². The highest BCUT2D eigenvalue weighted by Crippen LogP contribution is 2.25. The van der Waals surface area contributed by atoms with E-state index in [2.05, 4.69) is 5.32 Å². The number of hydrogen-bond acceptors (Lipinski definition) is 3. The number of benzene rings is 1. The predicted molar refractivity (Wildman–Crippen MR) is 77.3 cm³/mol. The van der Waals surface area contributed by atoms with E-state index in [1.54, 1.807) is 20.8 Å². The van der Waals surface area contributed by atoms with Gasteiger partial charge in [-0.2, -0.15) is 0 Å². The molecule has 0 spiro atoms. The van der Waals surface area contributed by atoms with Gasteiger partial charge in [-0.05, 0) is 51.3 Å². The fourth-order valence-corrected chi connectivity index (χ4v) is 2.20. The lowest BCUT2D eigenvalue weighted by Crippen LogP contribution is -2.49. The summed E-state index contributed by atoms with van der Waals surface area (Å²) in [6.07, 6.45) is 0.575. The van der Waals surface area contributed by atoms with Crippen molar-refractivity contribution in [3.05, 3.63) is 35.1 Å². The number of hydrogen-bond donors (Lipinski definition) is 1. The lowest BCUT2D eigenvalue weighted by atomic mass is 9.89. The monoisotopic (exact) mass is 331 g/mol. The summed E-state index contributed by atoms with van der Waals surface area (Å²) >= 11 is 0. The number of carbonyl (C=O) groups excluding carboxylic acids is 1. The molecule has 0 radical (unpaired) electrons. The number of amides is 1. The van der Waals surface area contributed by atoms with Gasteiger partial charge < -0.3 is 14.8 Å². The smallest absolute Gasteiger partial charge is 0.407 e. The second kappa shape index (κ2) is 6.78. The van der Waals surface area contributed by atoms with Crippen LogP contribution in [-0.2, 0) is 16.1 Å². The summed E-state index contributed by atoms with van der Waals surface area (Å²) in [5, 5.41) is 2.72. The Hall–Kier alpha value is -1.76. The molecule has 1 N–H and O–H groups in total. The molecule has 2 rings (SSSR count). The molecule has 0 heterocycles. The highest BCUT2D eigenvalue weighted by Gasteiger charge is 2.32. The first-order valence-electron chi connectivity index (χ1n) is 7.38. The maximum Gasteiger partial charge on any atom is 0.407 e. The van der Waals surface area contributed by atoms with Crippen LogP contribution in [0.4, 0.5) is 18.0 Å². The first-order valence-corrected chi connectivity index (χ1v) is 7.38. The van der Waals surface area contributed by atoms with Crippen molar-refractivity contribution < 1.29 is 27.4 Å². The van der Waals surface area contributed by atoms with Gasteiger partial charge in [0, 0.05) is 6.04 Å². The average Bonchev–Trinajstić information content (AvgIpc) is 2.36. The van der Waals surface area contributed by atoms with Crippen LogP contribution in [0, 0.1) is 17.5 Å². The molecular weight excluding hydrogens is 311 g/mol. The Balaban J connectivity index is 1.72. The summed E-state index contributed by atoms with van der Waals surface area (Å²) in [6.45, 7) is 5.32. The third-order valence-corrected chi connectivity index (χ3v) is 3.34. The molecule has 1 fully saturated rings. The number of rotatable bonds is 4. The fourth-order valence-electron chi connectivity index (χ4n) is 2.20. The standard InChI is InChI=1S/C16H20F3NO3/c1-16(2,3)23-15(21)20-10-6-11(7-10)22-8-9-4-12(17)14(19)13(18)5-9/h4-5,10-11H,6-8H2,1-3H3,(H,20,21). The minimum Gasteiger partial charge on any atom is -0.444 e. The van der Waals surface area contributed by atoms with Crippen LogP contribution in [0.5, 0.6) is 0 Å². The zero-order valence-corrected chi connectivity index (χ0v) is 13.3. The second-order valence-electron chi connectivity index (χ2n) is 6.62. The van der Waals surface area contributed by atoms with Crippen LogP contribution in [0.2, 0.25) is 0 Å². The summed E-state index contributed by atoms with van der Waals surface area (Å²) < 4.78 is 49.6. The number of ether oxygens (including phenoxy) is 2. The van der Waals surface area contributed by atoms with Gasteiger partial charge in [0.05, 0.1) is 12.7 Å². The molecular formula is C16H20F3NO3. The minimum absolute atomic E-state index is 0.0159. The van der Waals surface area contributed by atoms with Gasteiger partial charge in [0.1, 0.15) is 5.60 Å². The van der Waals surface area contributed by atoms with Crippen molar-refractivity contribution in [3.8, 4) is 0 Å².